The molecular weight excluding hydrogens is 257 g/mol. The quantitative estimate of drug-likeness (QED) is 0.822. The van der Waals surface area contributed by atoms with Gasteiger partial charge in [0, 0.05) is 16.3 Å². The molecule has 0 unspecified atom stereocenters. The van der Waals surface area contributed by atoms with Gasteiger partial charge in [-0.05, 0) is 36.1 Å². The maximum absolute atomic E-state index is 13.7. The Hall–Kier alpha value is -1.35. The number of nitrogens with one attached hydrogen (secondary N) is 1. The van der Waals surface area contributed by atoms with Crippen molar-refractivity contribution >= 4 is 17.0 Å². The molecule has 0 spiro atoms. The Kier molecular flexibility index (Phi) is 3.95. The molecule has 0 amide bonds. The predicted molar refractivity (Wildman–Crippen MR) is 81.5 cm³/mol. The van der Waals surface area contributed by atoms with Gasteiger partial charge in [-0.3, -0.25) is 0 Å². The summed E-state index contributed by atoms with van der Waals surface area (Å²) in [5.41, 5.74) is 1.72. The summed E-state index contributed by atoms with van der Waals surface area (Å²) < 4.78 is 13.7. The minimum absolute atomic E-state index is 0.177. The average Bonchev–Trinajstić information content (AvgIpc) is 2.77. The van der Waals surface area contributed by atoms with E-state index in [0.717, 1.165) is 5.56 Å². The number of halogens is 1. The van der Waals surface area contributed by atoms with Crippen molar-refractivity contribution in [2.75, 3.05) is 5.32 Å². The fraction of sp³-hybridized carbons (Fsp3) is 0.375. The topological polar surface area (TPSA) is 12.0 Å². The second-order valence-electron chi connectivity index (χ2n) is 5.80. The van der Waals surface area contributed by atoms with E-state index in [0.29, 0.717) is 12.2 Å². The molecule has 0 radical (unpaired) electrons. The lowest BCUT2D eigenvalue weighted by atomic mass is 9.95. The van der Waals surface area contributed by atoms with Crippen LogP contribution in [0.15, 0.2) is 30.3 Å². The van der Waals surface area contributed by atoms with Crippen LogP contribution in [0.5, 0.6) is 0 Å². The first-order valence-corrected chi connectivity index (χ1v) is 7.28. The Morgan fingerprint density at radius 2 is 1.89 bits per heavy atom. The maximum Gasteiger partial charge on any atom is 0.146 e. The van der Waals surface area contributed by atoms with Gasteiger partial charge in [0.1, 0.15) is 5.82 Å². The molecule has 2 rings (SSSR count). The van der Waals surface area contributed by atoms with Gasteiger partial charge in [0.15, 0.2) is 0 Å². The Balaban J connectivity index is 2.09. The summed E-state index contributed by atoms with van der Waals surface area (Å²) in [6, 6.07) is 9.42. The molecule has 2 aromatic rings. The largest absolute Gasteiger partial charge is 0.378 e. The van der Waals surface area contributed by atoms with E-state index in [1.165, 1.54) is 15.8 Å². The molecule has 0 aliphatic carbocycles. The first-order chi connectivity index (χ1) is 8.88. The van der Waals surface area contributed by atoms with Crippen molar-refractivity contribution in [3.05, 3.63) is 51.5 Å². The summed E-state index contributed by atoms with van der Waals surface area (Å²) in [5.74, 6) is -0.187. The Labute approximate surface area is 118 Å². The maximum atomic E-state index is 13.7. The number of anilines is 1. The zero-order chi connectivity index (χ0) is 14.0. The van der Waals surface area contributed by atoms with E-state index in [9.17, 15) is 4.39 Å². The number of hydrogen-bond acceptors (Lipinski definition) is 2. The normalized spacial score (nSPS) is 11.6. The number of hydrogen-bond donors (Lipinski definition) is 1. The number of para-hydroxylation sites is 1. The molecule has 0 fully saturated rings. The van der Waals surface area contributed by atoms with Crippen molar-refractivity contribution in [1.29, 1.82) is 0 Å². The van der Waals surface area contributed by atoms with Crippen LogP contribution in [0, 0.1) is 12.7 Å². The van der Waals surface area contributed by atoms with Crippen LogP contribution in [0.2, 0.25) is 0 Å². The molecule has 19 heavy (non-hydrogen) atoms. The highest BCUT2D eigenvalue weighted by Gasteiger charge is 2.16. The van der Waals surface area contributed by atoms with Gasteiger partial charge in [-0.2, -0.15) is 0 Å². The van der Waals surface area contributed by atoms with Gasteiger partial charge in [0.05, 0.1) is 5.69 Å². The van der Waals surface area contributed by atoms with Crippen LogP contribution in [0.3, 0.4) is 0 Å². The second kappa shape index (κ2) is 5.33. The van der Waals surface area contributed by atoms with Gasteiger partial charge in [-0.25, -0.2) is 4.39 Å². The molecular formula is C16H20FNS. The molecule has 1 aromatic carbocycles. The third kappa shape index (κ3) is 3.35. The zero-order valence-corrected chi connectivity index (χ0v) is 12.7. The summed E-state index contributed by atoms with van der Waals surface area (Å²) in [6.45, 7) is 9.20. The number of aryl methyl sites for hydroxylation is 1. The molecule has 102 valence electrons. The van der Waals surface area contributed by atoms with Crippen LogP contribution in [-0.2, 0) is 12.0 Å². The standard InChI is InChI=1S/C16H20FNS/c1-11-6-5-7-13(17)15(11)18-10-12-8-9-14(19-12)16(2,3)4/h5-9,18H,10H2,1-4H3. The lowest BCUT2D eigenvalue weighted by molar-refractivity contribution is 0.604. The molecule has 0 bridgehead atoms. The van der Waals surface area contributed by atoms with E-state index in [1.807, 2.05) is 13.0 Å². The molecule has 0 saturated carbocycles. The highest BCUT2D eigenvalue weighted by atomic mass is 32.1. The summed E-state index contributed by atoms with van der Waals surface area (Å²) >= 11 is 1.79. The van der Waals surface area contributed by atoms with E-state index in [2.05, 4.69) is 38.2 Å². The summed E-state index contributed by atoms with van der Waals surface area (Å²) in [4.78, 5) is 2.59. The third-order valence-electron chi connectivity index (χ3n) is 3.06. The number of thiophene rings is 1. The fourth-order valence-electron chi connectivity index (χ4n) is 1.91. The van der Waals surface area contributed by atoms with Gasteiger partial charge in [0.2, 0.25) is 0 Å². The first kappa shape index (κ1) is 14.1. The van der Waals surface area contributed by atoms with Gasteiger partial charge >= 0.3 is 0 Å². The summed E-state index contributed by atoms with van der Waals surface area (Å²) in [5, 5.41) is 3.20. The van der Waals surface area contributed by atoms with E-state index in [-0.39, 0.29) is 11.2 Å². The lowest BCUT2D eigenvalue weighted by Crippen LogP contribution is -2.07. The molecule has 0 atom stereocenters. The van der Waals surface area contributed by atoms with Crippen molar-refractivity contribution in [2.45, 2.75) is 39.7 Å². The fourth-order valence-corrected chi connectivity index (χ4v) is 2.91. The molecule has 1 heterocycles. The molecule has 1 aromatic heterocycles. The van der Waals surface area contributed by atoms with Gasteiger partial charge in [0.25, 0.3) is 0 Å². The zero-order valence-electron chi connectivity index (χ0n) is 11.9. The highest BCUT2D eigenvalue weighted by molar-refractivity contribution is 7.12. The van der Waals surface area contributed by atoms with Crippen LogP contribution >= 0.6 is 11.3 Å². The Bertz CT molecular complexity index is 546. The highest BCUT2D eigenvalue weighted by Crippen LogP contribution is 2.30. The van der Waals surface area contributed by atoms with E-state index >= 15 is 0 Å². The SMILES string of the molecule is Cc1cccc(F)c1NCc1ccc(C(C)(C)C)s1. The molecule has 0 aliphatic rings. The second-order valence-corrected chi connectivity index (χ2v) is 6.97. The van der Waals surface area contributed by atoms with Crippen molar-refractivity contribution in [3.63, 3.8) is 0 Å². The molecule has 3 heteroatoms. The van der Waals surface area contributed by atoms with Crippen LogP contribution in [0.25, 0.3) is 0 Å². The van der Waals surface area contributed by atoms with E-state index in [4.69, 9.17) is 0 Å². The van der Waals surface area contributed by atoms with E-state index in [1.54, 1.807) is 17.4 Å². The smallest absolute Gasteiger partial charge is 0.146 e. The average molecular weight is 277 g/mol. The van der Waals surface area contributed by atoms with Gasteiger partial charge in [-0.1, -0.05) is 32.9 Å². The Morgan fingerprint density at radius 1 is 1.16 bits per heavy atom. The van der Waals surface area contributed by atoms with Crippen LogP contribution in [-0.4, -0.2) is 0 Å². The van der Waals surface area contributed by atoms with Crippen molar-refractivity contribution in [2.24, 2.45) is 0 Å². The van der Waals surface area contributed by atoms with Crippen molar-refractivity contribution in [3.8, 4) is 0 Å². The minimum Gasteiger partial charge on any atom is -0.378 e. The summed E-state index contributed by atoms with van der Waals surface area (Å²) in [7, 11) is 0. The number of rotatable bonds is 3. The molecule has 0 aliphatic heterocycles. The van der Waals surface area contributed by atoms with Crippen molar-refractivity contribution < 1.29 is 4.39 Å². The summed E-state index contributed by atoms with van der Waals surface area (Å²) in [6.07, 6.45) is 0. The predicted octanol–water partition coefficient (Wildman–Crippen LogP) is 5.11. The lowest BCUT2D eigenvalue weighted by Gasteiger charge is -2.15. The third-order valence-corrected chi connectivity index (χ3v) is 4.57. The van der Waals surface area contributed by atoms with Crippen LogP contribution in [0.4, 0.5) is 10.1 Å². The molecule has 1 N–H and O–H groups in total. The Morgan fingerprint density at radius 3 is 2.47 bits per heavy atom. The monoisotopic (exact) mass is 277 g/mol. The molecule has 1 nitrogen and oxygen atoms in total. The minimum atomic E-state index is -0.187. The first-order valence-electron chi connectivity index (χ1n) is 6.46. The number of benzene rings is 1. The molecule has 0 saturated heterocycles. The van der Waals surface area contributed by atoms with Crippen LogP contribution in [0.1, 0.15) is 36.1 Å². The van der Waals surface area contributed by atoms with E-state index < -0.39 is 0 Å². The van der Waals surface area contributed by atoms with Crippen LogP contribution < -0.4 is 5.32 Å². The van der Waals surface area contributed by atoms with Gasteiger partial charge < -0.3 is 5.32 Å². The van der Waals surface area contributed by atoms with Gasteiger partial charge in [-0.15, -0.1) is 11.3 Å². The van der Waals surface area contributed by atoms with Crippen molar-refractivity contribution in [1.82, 2.24) is 0 Å².